The highest BCUT2D eigenvalue weighted by Gasteiger charge is 2.22. The Balaban J connectivity index is 2.29. The molecular weight excluding hydrogens is 148 g/mol. The maximum Gasteiger partial charge on any atom is 0.113 e. The van der Waals surface area contributed by atoms with Gasteiger partial charge < -0.3 is 4.74 Å². The lowest BCUT2D eigenvalue weighted by atomic mass is 10.1. The van der Waals surface area contributed by atoms with Crippen LogP contribution in [-0.2, 0) is 4.74 Å². The van der Waals surface area contributed by atoms with E-state index in [-0.39, 0.29) is 0 Å². The van der Waals surface area contributed by atoms with Crippen molar-refractivity contribution in [1.82, 2.24) is 0 Å². The molecule has 0 N–H and O–H groups in total. The Morgan fingerprint density at radius 1 is 1.17 bits per heavy atom. The number of benzene rings is 1. The molecule has 1 aliphatic heterocycles. The SMILES string of the molecule is C1=C2COC=C2c2ccccc21. The molecule has 0 unspecified atom stereocenters. The molecule has 1 aromatic carbocycles. The van der Waals surface area contributed by atoms with Crippen LogP contribution in [0.2, 0.25) is 0 Å². The summed E-state index contributed by atoms with van der Waals surface area (Å²) in [6, 6.07) is 8.41. The number of hydrogen-bond acceptors (Lipinski definition) is 1. The van der Waals surface area contributed by atoms with E-state index in [1.807, 2.05) is 6.26 Å². The van der Waals surface area contributed by atoms with Gasteiger partial charge in [0.1, 0.15) is 6.61 Å². The average Bonchev–Trinajstić information content (AvgIpc) is 2.62. The summed E-state index contributed by atoms with van der Waals surface area (Å²) in [4.78, 5) is 0. The van der Waals surface area contributed by atoms with Crippen molar-refractivity contribution in [1.29, 1.82) is 0 Å². The van der Waals surface area contributed by atoms with Crippen molar-refractivity contribution in [3.63, 3.8) is 0 Å². The van der Waals surface area contributed by atoms with Gasteiger partial charge in [-0.2, -0.15) is 0 Å². The molecule has 2 aliphatic rings. The van der Waals surface area contributed by atoms with E-state index in [9.17, 15) is 0 Å². The van der Waals surface area contributed by atoms with Crippen LogP contribution in [0.1, 0.15) is 11.1 Å². The van der Waals surface area contributed by atoms with Gasteiger partial charge in [0.15, 0.2) is 0 Å². The average molecular weight is 156 g/mol. The van der Waals surface area contributed by atoms with E-state index in [0.29, 0.717) is 0 Å². The summed E-state index contributed by atoms with van der Waals surface area (Å²) in [7, 11) is 0. The highest BCUT2D eigenvalue weighted by atomic mass is 16.5. The minimum Gasteiger partial charge on any atom is -0.496 e. The van der Waals surface area contributed by atoms with Gasteiger partial charge in [0.25, 0.3) is 0 Å². The molecule has 0 spiro atoms. The molecular formula is C11H8O. The van der Waals surface area contributed by atoms with Crippen LogP contribution >= 0.6 is 0 Å². The van der Waals surface area contributed by atoms with Crippen molar-refractivity contribution >= 4 is 11.6 Å². The van der Waals surface area contributed by atoms with Gasteiger partial charge in [-0.15, -0.1) is 0 Å². The maximum absolute atomic E-state index is 5.24. The first-order valence-corrected chi connectivity index (χ1v) is 4.07. The van der Waals surface area contributed by atoms with Crippen LogP contribution in [-0.4, -0.2) is 6.61 Å². The van der Waals surface area contributed by atoms with Crippen LogP contribution < -0.4 is 0 Å². The third kappa shape index (κ3) is 0.632. The van der Waals surface area contributed by atoms with Crippen LogP contribution in [0.25, 0.3) is 11.6 Å². The number of fused-ring (bicyclic) bond motifs is 3. The van der Waals surface area contributed by atoms with Gasteiger partial charge in [-0.3, -0.25) is 0 Å². The van der Waals surface area contributed by atoms with Gasteiger partial charge in [0.05, 0.1) is 6.26 Å². The molecule has 3 rings (SSSR count). The smallest absolute Gasteiger partial charge is 0.113 e. The summed E-state index contributed by atoms with van der Waals surface area (Å²) >= 11 is 0. The summed E-state index contributed by atoms with van der Waals surface area (Å²) in [5, 5.41) is 0. The van der Waals surface area contributed by atoms with Crippen LogP contribution in [0.5, 0.6) is 0 Å². The first-order chi connectivity index (χ1) is 5.95. The molecule has 0 aromatic heterocycles. The van der Waals surface area contributed by atoms with Crippen LogP contribution in [0.4, 0.5) is 0 Å². The highest BCUT2D eigenvalue weighted by Crippen LogP contribution is 2.38. The zero-order chi connectivity index (χ0) is 7.97. The van der Waals surface area contributed by atoms with E-state index in [4.69, 9.17) is 4.74 Å². The van der Waals surface area contributed by atoms with E-state index in [1.54, 1.807) is 0 Å². The van der Waals surface area contributed by atoms with Gasteiger partial charge in [0, 0.05) is 11.1 Å². The van der Waals surface area contributed by atoms with Gasteiger partial charge in [-0.05, 0) is 17.2 Å². The van der Waals surface area contributed by atoms with Crippen LogP contribution in [0, 0.1) is 0 Å². The summed E-state index contributed by atoms with van der Waals surface area (Å²) in [5.74, 6) is 0. The molecule has 1 heterocycles. The fraction of sp³-hybridized carbons (Fsp3) is 0.0909. The standard InChI is InChI=1S/C11H8O/c1-2-4-10-8(3-1)5-9-6-12-7-11(9)10/h1-5,7H,6H2. The largest absolute Gasteiger partial charge is 0.496 e. The molecule has 0 atom stereocenters. The number of rotatable bonds is 0. The van der Waals surface area contributed by atoms with Crippen molar-refractivity contribution in [3.8, 4) is 0 Å². The molecule has 0 bridgehead atoms. The highest BCUT2D eigenvalue weighted by molar-refractivity contribution is 5.95. The topological polar surface area (TPSA) is 9.23 Å². The van der Waals surface area contributed by atoms with E-state index >= 15 is 0 Å². The summed E-state index contributed by atoms with van der Waals surface area (Å²) in [6.07, 6.45) is 4.06. The van der Waals surface area contributed by atoms with Gasteiger partial charge in [0.2, 0.25) is 0 Å². The molecule has 0 saturated carbocycles. The Kier molecular flexibility index (Phi) is 1.01. The quantitative estimate of drug-likeness (QED) is 0.560. The molecule has 1 nitrogen and oxygen atoms in total. The van der Waals surface area contributed by atoms with E-state index in [0.717, 1.165) is 6.61 Å². The Bertz CT molecular complexity index is 399. The van der Waals surface area contributed by atoms with Crippen molar-refractivity contribution in [2.24, 2.45) is 0 Å². The fourth-order valence-corrected chi connectivity index (χ4v) is 1.78. The first kappa shape index (κ1) is 6.06. The predicted molar refractivity (Wildman–Crippen MR) is 48.3 cm³/mol. The molecule has 0 fully saturated rings. The zero-order valence-corrected chi connectivity index (χ0v) is 6.58. The summed E-state index contributed by atoms with van der Waals surface area (Å²) < 4.78 is 5.24. The van der Waals surface area contributed by atoms with E-state index in [1.165, 1.54) is 22.3 Å². The van der Waals surface area contributed by atoms with E-state index in [2.05, 4.69) is 30.3 Å². The summed E-state index contributed by atoms with van der Waals surface area (Å²) in [5.41, 5.74) is 5.22. The molecule has 1 aromatic rings. The van der Waals surface area contributed by atoms with E-state index < -0.39 is 0 Å². The van der Waals surface area contributed by atoms with Crippen molar-refractivity contribution in [2.45, 2.75) is 0 Å². The van der Waals surface area contributed by atoms with Crippen molar-refractivity contribution < 1.29 is 4.74 Å². The molecule has 0 amide bonds. The monoisotopic (exact) mass is 156 g/mol. The third-order valence-electron chi connectivity index (χ3n) is 2.37. The zero-order valence-electron chi connectivity index (χ0n) is 6.58. The number of ether oxygens (including phenoxy) is 1. The normalized spacial score (nSPS) is 17.7. The van der Waals surface area contributed by atoms with Crippen molar-refractivity contribution in [3.05, 3.63) is 47.2 Å². The Labute approximate surface area is 71.0 Å². The van der Waals surface area contributed by atoms with Gasteiger partial charge in [-0.1, -0.05) is 24.3 Å². The minimum atomic E-state index is 0.740. The lowest BCUT2D eigenvalue weighted by molar-refractivity contribution is 0.302. The van der Waals surface area contributed by atoms with Crippen LogP contribution in [0.3, 0.4) is 0 Å². The minimum absolute atomic E-state index is 0.740. The lowest BCUT2D eigenvalue weighted by Gasteiger charge is -1.96. The Morgan fingerprint density at radius 3 is 3.08 bits per heavy atom. The second kappa shape index (κ2) is 2.01. The maximum atomic E-state index is 5.24. The molecule has 0 radical (unpaired) electrons. The molecule has 58 valence electrons. The van der Waals surface area contributed by atoms with Gasteiger partial charge >= 0.3 is 0 Å². The summed E-state index contributed by atoms with van der Waals surface area (Å²) in [6.45, 7) is 0.740. The van der Waals surface area contributed by atoms with Crippen molar-refractivity contribution in [2.75, 3.05) is 6.61 Å². The second-order valence-electron chi connectivity index (χ2n) is 3.10. The lowest BCUT2D eigenvalue weighted by Crippen LogP contribution is -1.80. The second-order valence-corrected chi connectivity index (χ2v) is 3.10. The molecule has 12 heavy (non-hydrogen) atoms. The molecule has 1 aliphatic carbocycles. The van der Waals surface area contributed by atoms with Gasteiger partial charge in [-0.25, -0.2) is 0 Å². The Hall–Kier alpha value is -1.50. The fourth-order valence-electron chi connectivity index (χ4n) is 1.78. The first-order valence-electron chi connectivity index (χ1n) is 4.07. The molecule has 1 heteroatoms. The van der Waals surface area contributed by atoms with Crippen LogP contribution in [0.15, 0.2) is 36.1 Å². The third-order valence-corrected chi connectivity index (χ3v) is 2.37. The Morgan fingerprint density at radius 2 is 2.08 bits per heavy atom. The predicted octanol–water partition coefficient (Wildman–Crippen LogP) is 2.45. The molecule has 0 saturated heterocycles. The number of hydrogen-bond donors (Lipinski definition) is 0.